The van der Waals surface area contributed by atoms with Crippen LogP contribution >= 0.6 is 0 Å². The molecular weight excluding hydrogens is 1140 g/mol. The molecule has 0 amide bonds. The molecule has 0 saturated heterocycles. The van der Waals surface area contributed by atoms with Crippen LogP contribution in [-0.4, -0.2) is 68.6 Å². The molecular formula is C67H63CoN2O10Y. The van der Waals surface area contributed by atoms with Gasteiger partial charge in [-0.1, -0.05) is 223 Å². The van der Waals surface area contributed by atoms with Crippen LogP contribution in [0.5, 0.6) is 23.0 Å². The summed E-state index contributed by atoms with van der Waals surface area (Å²) in [5.41, 5.74) is 6.62. The molecule has 0 unspecified atom stereocenters. The fourth-order valence-corrected chi connectivity index (χ4v) is 7.72. The summed E-state index contributed by atoms with van der Waals surface area (Å²) in [7, 11) is 7.00. The van der Waals surface area contributed by atoms with Crippen molar-refractivity contribution in [2.45, 2.75) is 26.9 Å². The molecule has 0 aliphatic heterocycles. The Labute approximate surface area is 511 Å². The average molecular weight is 1200 g/mol. The Morgan fingerprint density at radius 1 is 0.407 bits per heavy atom. The summed E-state index contributed by atoms with van der Waals surface area (Å²) in [5.74, 6) is -0.933. The number of carbonyl (C=O) groups is 3. The van der Waals surface area contributed by atoms with Crippen LogP contribution < -0.4 is 35.0 Å². The first-order chi connectivity index (χ1) is 38.1. The van der Waals surface area contributed by atoms with E-state index in [1.807, 2.05) is 76.5 Å². The van der Waals surface area contributed by atoms with E-state index in [0.29, 0.717) is 58.0 Å². The number of allylic oxidation sites excluding steroid dienone is 3. The van der Waals surface area contributed by atoms with Crippen LogP contribution in [0.4, 0.5) is 0 Å². The Hall–Kier alpha value is -7.88. The van der Waals surface area contributed by atoms with Gasteiger partial charge in [-0.05, 0) is 97.2 Å². The van der Waals surface area contributed by atoms with Gasteiger partial charge >= 0.3 is 49.5 Å². The van der Waals surface area contributed by atoms with E-state index in [1.54, 1.807) is 158 Å². The Balaban J connectivity index is 0.000000289. The first-order valence-electron chi connectivity index (χ1n) is 25.2. The average Bonchev–Trinajstić information content (AvgIpc) is 3.48. The minimum absolute atomic E-state index is 0. The minimum atomic E-state index is -0.264. The molecule has 14 heteroatoms. The topological polar surface area (TPSA) is 191 Å². The molecule has 0 aliphatic carbocycles. The summed E-state index contributed by atoms with van der Waals surface area (Å²) in [6.45, 7) is 6.55. The van der Waals surface area contributed by atoms with Crippen LogP contribution in [0.3, 0.4) is 0 Å². The number of rotatable bonds is 18. The first-order valence-corrected chi connectivity index (χ1v) is 25.2. The van der Waals surface area contributed by atoms with Gasteiger partial charge in [-0.15, -0.1) is 0 Å². The third kappa shape index (κ3) is 22.7. The van der Waals surface area contributed by atoms with Crippen molar-refractivity contribution in [1.29, 1.82) is 0 Å². The second-order valence-corrected chi connectivity index (χ2v) is 18.2. The van der Waals surface area contributed by atoms with Gasteiger partial charge < -0.3 is 44.8 Å². The summed E-state index contributed by atoms with van der Waals surface area (Å²) >= 11 is 0. The quantitative estimate of drug-likeness (QED) is 0.0451. The zero-order valence-corrected chi connectivity index (χ0v) is 50.0. The maximum atomic E-state index is 12.4. The molecule has 8 aromatic carbocycles. The van der Waals surface area contributed by atoms with Crippen LogP contribution in [0, 0.1) is 13.8 Å². The van der Waals surface area contributed by atoms with Crippen molar-refractivity contribution in [2.75, 3.05) is 41.4 Å². The molecule has 0 bridgehead atoms. The van der Waals surface area contributed by atoms with E-state index in [9.17, 15) is 39.9 Å². The van der Waals surface area contributed by atoms with Crippen LogP contribution in [0.25, 0.3) is 17.3 Å². The molecule has 0 atom stereocenters. The van der Waals surface area contributed by atoms with Gasteiger partial charge in [0.05, 0.1) is 14.2 Å². The van der Waals surface area contributed by atoms with Crippen molar-refractivity contribution >= 4 is 34.6 Å². The van der Waals surface area contributed by atoms with E-state index < -0.39 is 0 Å². The number of hydrogen-bond acceptors (Lipinski definition) is 12. The predicted molar refractivity (Wildman–Crippen MR) is 303 cm³/mol. The second-order valence-electron chi connectivity index (χ2n) is 18.2. The van der Waals surface area contributed by atoms with Crippen molar-refractivity contribution in [3.8, 4) is 23.0 Å². The Morgan fingerprint density at radius 3 is 0.852 bits per heavy atom. The van der Waals surface area contributed by atoms with E-state index in [-0.39, 0.29) is 95.6 Å². The summed E-state index contributed by atoms with van der Waals surface area (Å²) in [4.78, 5) is 39.5. The Morgan fingerprint density at radius 2 is 0.630 bits per heavy atom. The number of nitrogens with zero attached hydrogens (tertiary/aromatic N) is 2. The number of carbonyl (C=O) groups excluding carboxylic acids is 3. The van der Waals surface area contributed by atoms with Gasteiger partial charge in [0.1, 0.15) is 11.5 Å². The molecule has 0 N–H and O–H groups in total. The summed E-state index contributed by atoms with van der Waals surface area (Å²) < 4.78 is 10.3. The Kier molecular flexibility index (Phi) is 29.7. The van der Waals surface area contributed by atoms with E-state index in [2.05, 4.69) is 9.80 Å². The molecule has 0 spiro atoms. The van der Waals surface area contributed by atoms with Crippen LogP contribution in [0.15, 0.2) is 224 Å². The van der Waals surface area contributed by atoms with Gasteiger partial charge in [0.25, 0.3) is 0 Å². The minimum Gasteiger partial charge on any atom is -0.872 e. The summed E-state index contributed by atoms with van der Waals surface area (Å²) in [6.07, 6.45) is 3.39. The van der Waals surface area contributed by atoms with E-state index >= 15 is 0 Å². The van der Waals surface area contributed by atoms with Gasteiger partial charge in [-0.3, -0.25) is 14.4 Å². The summed E-state index contributed by atoms with van der Waals surface area (Å²) in [6, 6.07) is 59.9. The number of methoxy groups -OCH3 is 2. The SMILES string of the molecule is COc1cc(C)cc(CN(C)CCN(C)Cc2cc(C)cc(OC)c2[O-])c1[O-].O=C(/C=C(\[O-])c1ccccc1)c1ccccc1.O=C(/C=C(\[O-])c1ccccc1)c1ccccc1.O=C(/C=C(\[O-])c1ccccc1)c1ccccc1.[Co+2].[Y+3]. The normalized spacial score (nSPS) is 10.9. The number of benzene rings is 8. The third-order valence-electron chi connectivity index (χ3n) is 11.9. The number of hydrogen-bond donors (Lipinski definition) is 0. The molecule has 413 valence electrons. The zero-order valence-electron chi connectivity index (χ0n) is 46.1. The van der Waals surface area contributed by atoms with Crippen LogP contribution in [0.2, 0.25) is 0 Å². The number of likely N-dealkylation sites (N-methyl/N-ethyl adjacent to an activating group) is 2. The molecule has 0 aliphatic rings. The van der Waals surface area contributed by atoms with Gasteiger partial charge in [0.15, 0.2) is 17.3 Å². The maximum absolute atomic E-state index is 12.4. The summed E-state index contributed by atoms with van der Waals surface area (Å²) in [5, 5.41) is 60.0. The predicted octanol–water partition coefficient (Wildman–Crippen LogP) is 8.84. The first kappa shape index (κ1) is 67.4. The molecule has 0 aromatic heterocycles. The van der Waals surface area contributed by atoms with Crippen molar-refractivity contribution in [3.05, 3.63) is 280 Å². The van der Waals surface area contributed by atoms with E-state index in [1.165, 1.54) is 14.2 Å². The maximum Gasteiger partial charge on any atom is 3.00 e. The molecule has 0 fully saturated rings. The number of ether oxygens (including phenoxy) is 2. The smallest absolute Gasteiger partial charge is 0.872 e. The third-order valence-corrected chi connectivity index (χ3v) is 11.9. The number of ketones is 3. The monoisotopic (exact) mass is 1200 g/mol. The standard InChI is InChI=1S/C22H32N2O4.3C15H12O2.Co.Y/c1-15-9-17(21(25)19(11-15)27-5)13-23(3)7-8-24(4)14-18-10-16(2)12-20(28-6)22(18)26;3*16-14(12-7-3-1-4-8-12)11-15(17)13-9-5-2-6-10-13;;/h9-12,25-26H,7-8,13-14H2,1-6H3;3*1-11,16H;;/q;;;;+2;+3/p-5/b;3*14-11-;;. The van der Waals surface area contributed by atoms with Crippen molar-refractivity contribution < 1.29 is 98.9 Å². The fraction of sp³-hybridized carbons (Fsp3) is 0.149. The molecule has 1 radical (unpaired) electrons. The van der Waals surface area contributed by atoms with Crippen molar-refractivity contribution in [1.82, 2.24) is 9.80 Å². The van der Waals surface area contributed by atoms with E-state index in [0.717, 1.165) is 53.6 Å². The van der Waals surface area contributed by atoms with Crippen molar-refractivity contribution in [2.24, 2.45) is 0 Å². The van der Waals surface area contributed by atoms with Crippen LogP contribution in [-0.2, 0) is 62.6 Å². The van der Waals surface area contributed by atoms with Crippen LogP contribution in [0.1, 0.15) is 70.0 Å². The molecule has 0 saturated carbocycles. The molecule has 81 heavy (non-hydrogen) atoms. The van der Waals surface area contributed by atoms with Gasteiger partial charge in [-0.25, -0.2) is 0 Å². The largest absolute Gasteiger partial charge is 3.00 e. The van der Waals surface area contributed by atoms with Crippen molar-refractivity contribution in [3.63, 3.8) is 0 Å². The zero-order chi connectivity index (χ0) is 57.1. The van der Waals surface area contributed by atoms with Gasteiger partial charge in [0.2, 0.25) is 0 Å². The molecule has 8 rings (SSSR count). The molecule has 8 aromatic rings. The second kappa shape index (κ2) is 35.7. The van der Waals surface area contributed by atoms with Gasteiger partial charge in [-0.2, -0.15) is 0 Å². The van der Waals surface area contributed by atoms with Gasteiger partial charge in [0, 0.05) is 42.9 Å². The number of aryl methyl sites for hydroxylation is 2. The molecule has 12 nitrogen and oxygen atoms in total. The molecule has 0 heterocycles. The fourth-order valence-electron chi connectivity index (χ4n) is 7.72. The Bertz CT molecular complexity index is 2980. The van der Waals surface area contributed by atoms with E-state index in [4.69, 9.17) is 9.47 Å².